The van der Waals surface area contributed by atoms with E-state index in [-0.39, 0.29) is 17.7 Å². The highest BCUT2D eigenvalue weighted by Crippen LogP contribution is 2.33. The number of hydrogen-bond donors (Lipinski definition) is 2. The van der Waals surface area contributed by atoms with Crippen LogP contribution in [0.25, 0.3) is 0 Å². The van der Waals surface area contributed by atoms with Gasteiger partial charge in [0, 0.05) is 18.8 Å². The number of amides is 1. The Labute approximate surface area is 158 Å². The molecule has 2 aromatic rings. The van der Waals surface area contributed by atoms with Gasteiger partial charge < -0.3 is 15.4 Å². The van der Waals surface area contributed by atoms with Gasteiger partial charge in [-0.2, -0.15) is 0 Å². The Balaban J connectivity index is 1.32. The van der Waals surface area contributed by atoms with Gasteiger partial charge in [-0.15, -0.1) is 0 Å². The van der Waals surface area contributed by atoms with Crippen LogP contribution in [0.1, 0.15) is 37.7 Å². The van der Waals surface area contributed by atoms with Crippen molar-refractivity contribution in [2.45, 2.75) is 50.7 Å². The van der Waals surface area contributed by atoms with Gasteiger partial charge >= 0.3 is 0 Å². The SMILES string of the molecule is O=C(NCc1ccc(Oc2cccnc2)c(F)c1)C1CC2CCCCC2N1. The van der Waals surface area contributed by atoms with Crippen LogP contribution < -0.4 is 15.4 Å². The molecule has 1 aromatic carbocycles. The lowest BCUT2D eigenvalue weighted by molar-refractivity contribution is -0.123. The summed E-state index contributed by atoms with van der Waals surface area (Å²) in [6.07, 6.45) is 8.95. The Morgan fingerprint density at radius 2 is 2.19 bits per heavy atom. The maximum atomic E-state index is 14.3. The highest BCUT2D eigenvalue weighted by atomic mass is 19.1. The molecule has 1 saturated heterocycles. The number of nitrogens with one attached hydrogen (secondary N) is 2. The fourth-order valence-corrected chi connectivity index (χ4v) is 4.11. The molecule has 2 heterocycles. The number of halogens is 1. The normalized spacial score (nSPS) is 24.3. The van der Waals surface area contributed by atoms with E-state index in [1.54, 1.807) is 30.5 Å². The fourth-order valence-electron chi connectivity index (χ4n) is 4.11. The molecule has 3 atom stereocenters. The van der Waals surface area contributed by atoms with E-state index in [0.717, 1.165) is 12.8 Å². The van der Waals surface area contributed by atoms with E-state index in [0.29, 0.717) is 29.8 Å². The number of hydrogen-bond acceptors (Lipinski definition) is 4. The van der Waals surface area contributed by atoms with Crippen molar-refractivity contribution < 1.29 is 13.9 Å². The minimum absolute atomic E-state index is 0.000458. The van der Waals surface area contributed by atoms with Crippen molar-refractivity contribution in [3.05, 3.63) is 54.1 Å². The lowest BCUT2D eigenvalue weighted by atomic mass is 9.85. The van der Waals surface area contributed by atoms with Crippen LogP contribution in [-0.2, 0) is 11.3 Å². The van der Waals surface area contributed by atoms with E-state index in [4.69, 9.17) is 4.74 Å². The molecule has 1 saturated carbocycles. The first-order chi connectivity index (χ1) is 13.2. The van der Waals surface area contributed by atoms with Crippen LogP contribution in [0.3, 0.4) is 0 Å². The highest BCUT2D eigenvalue weighted by Gasteiger charge is 2.37. The number of pyridine rings is 1. The number of fused-ring (bicyclic) bond motifs is 1. The maximum absolute atomic E-state index is 14.3. The predicted molar refractivity (Wildman–Crippen MR) is 99.8 cm³/mol. The molecule has 0 spiro atoms. The van der Waals surface area contributed by atoms with Crippen molar-refractivity contribution in [2.75, 3.05) is 0 Å². The number of carbonyl (C=O) groups excluding carboxylic acids is 1. The second-order valence-corrected chi connectivity index (χ2v) is 7.38. The number of carbonyl (C=O) groups is 1. The zero-order valence-electron chi connectivity index (χ0n) is 15.2. The van der Waals surface area contributed by atoms with E-state index in [1.807, 2.05) is 0 Å². The van der Waals surface area contributed by atoms with Crippen LogP contribution in [0, 0.1) is 11.7 Å². The number of aromatic nitrogens is 1. The van der Waals surface area contributed by atoms with Crippen molar-refractivity contribution in [3.8, 4) is 11.5 Å². The standard InChI is InChI=1S/C21H24FN3O2/c22-17-10-14(7-8-20(17)27-16-5-3-9-23-13-16)12-24-21(26)19-11-15-4-1-2-6-18(15)25-19/h3,5,7-10,13,15,18-19,25H,1-2,4,6,11-12H2,(H,24,26). The van der Waals surface area contributed by atoms with Gasteiger partial charge in [-0.25, -0.2) is 4.39 Å². The van der Waals surface area contributed by atoms with Gasteiger partial charge in [0.05, 0.1) is 12.2 Å². The first kappa shape index (κ1) is 17.9. The third-order valence-corrected chi connectivity index (χ3v) is 5.50. The third kappa shape index (κ3) is 4.27. The number of benzene rings is 1. The van der Waals surface area contributed by atoms with E-state index >= 15 is 0 Å². The molecule has 1 aliphatic carbocycles. The van der Waals surface area contributed by atoms with Gasteiger partial charge in [0.25, 0.3) is 0 Å². The number of nitrogens with zero attached hydrogens (tertiary/aromatic N) is 1. The van der Waals surface area contributed by atoms with E-state index in [2.05, 4.69) is 15.6 Å². The first-order valence-corrected chi connectivity index (χ1v) is 9.59. The van der Waals surface area contributed by atoms with Crippen LogP contribution in [-0.4, -0.2) is 23.0 Å². The van der Waals surface area contributed by atoms with Gasteiger partial charge in [-0.05, 0) is 55.0 Å². The van der Waals surface area contributed by atoms with Crippen molar-refractivity contribution in [2.24, 2.45) is 5.92 Å². The van der Waals surface area contributed by atoms with Crippen LogP contribution in [0.4, 0.5) is 4.39 Å². The molecule has 1 aromatic heterocycles. The summed E-state index contributed by atoms with van der Waals surface area (Å²) in [4.78, 5) is 16.4. The second kappa shape index (κ2) is 8.05. The predicted octanol–water partition coefficient (Wildman–Crippen LogP) is 3.55. The molecular formula is C21H24FN3O2. The molecule has 2 N–H and O–H groups in total. The first-order valence-electron chi connectivity index (χ1n) is 9.59. The smallest absolute Gasteiger partial charge is 0.237 e. The Morgan fingerprint density at radius 1 is 1.30 bits per heavy atom. The molecule has 6 heteroatoms. The Morgan fingerprint density at radius 3 is 2.96 bits per heavy atom. The molecule has 142 valence electrons. The molecular weight excluding hydrogens is 345 g/mol. The molecule has 27 heavy (non-hydrogen) atoms. The molecule has 2 aliphatic rings. The summed E-state index contributed by atoms with van der Waals surface area (Å²) in [6, 6.07) is 8.53. The van der Waals surface area contributed by atoms with Gasteiger partial charge in [0.1, 0.15) is 5.75 Å². The summed E-state index contributed by atoms with van der Waals surface area (Å²) in [5.41, 5.74) is 0.704. The fraction of sp³-hybridized carbons (Fsp3) is 0.429. The van der Waals surface area contributed by atoms with Gasteiger partial charge in [-0.1, -0.05) is 18.9 Å². The summed E-state index contributed by atoms with van der Waals surface area (Å²) in [5.74, 6) is 0.776. The van der Waals surface area contributed by atoms with E-state index in [9.17, 15) is 9.18 Å². The largest absolute Gasteiger partial charge is 0.453 e. The molecule has 4 rings (SSSR count). The summed E-state index contributed by atoms with van der Waals surface area (Å²) >= 11 is 0. The van der Waals surface area contributed by atoms with Crippen LogP contribution in [0.5, 0.6) is 11.5 Å². The van der Waals surface area contributed by atoms with E-state index < -0.39 is 5.82 Å². The zero-order chi connectivity index (χ0) is 18.6. The number of ether oxygens (including phenoxy) is 1. The molecule has 2 fully saturated rings. The van der Waals surface area contributed by atoms with Crippen molar-refractivity contribution in [3.63, 3.8) is 0 Å². The lowest BCUT2D eigenvalue weighted by Gasteiger charge is -2.24. The third-order valence-electron chi connectivity index (χ3n) is 5.50. The Bertz CT molecular complexity index is 785. The molecule has 0 bridgehead atoms. The zero-order valence-corrected chi connectivity index (χ0v) is 15.2. The lowest BCUT2D eigenvalue weighted by Crippen LogP contribution is -2.42. The monoisotopic (exact) mass is 369 g/mol. The highest BCUT2D eigenvalue weighted by molar-refractivity contribution is 5.82. The summed E-state index contributed by atoms with van der Waals surface area (Å²) < 4.78 is 19.8. The summed E-state index contributed by atoms with van der Waals surface area (Å²) in [7, 11) is 0. The molecule has 1 amide bonds. The minimum atomic E-state index is -0.462. The summed E-state index contributed by atoms with van der Waals surface area (Å²) in [6.45, 7) is 0.302. The van der Waals surface area contributed by atoms with Crippen LogP contribution in [0.2, 0.25) is 0 Å². The number of rotatable bonds is 5. The van der Waals surface area contributed by atoms with Crippen molar-refractivity contribution in [1.82, 2.24) is 15.6 Å². The van der Waals surface area contributed by atoms with Gasteiger partial charge in [0.2, 0.25) is 5.91 Å². The maximum Gasteiger partial charge on any atom is 0.237 e. The molecule has 1 aliphatic heterocycles. The minimum Gasteiger partial charge on any atom is -0.453 e. The van der Waals surface area contributed by atoms with Gasteiger partial charge in [0.15, 0.2) is 11.6 Å². The van der Waals surface area contributed by atoms with Gasteiger partial charge in [-0.3, -0.25) is 9.78 Å². The Hall–Kier alpha value is -2.47. The second-order valence-electron chi connectivity index (χ2n) is 7.38. The van der Waals surface area contributed by atoms with Crippen molar-refractivity contribution in [1.29, 1.82) is 0 Å². The Kier molecular flexibility index (Phi) is 5.34. The average molecular weight is 369 g/mol. The summed E-state index contributed by atoms with van der Waals surface area (Å²) in [5, 5.41) is 6.39. The molecule has 3 unspecified atom stereocenters. The molecule has 0 radical (unpaired) electrons. The van der Waals surface area contributed by atoms with Crippen molar-refractivity contribution >= 4 is 5.91 Å². The van der Waals surface area contributed by atoms with E-state index in [1.165, 1.54) is 31.5 Å². The average Bonchev–Trinajstić information content (AvgIpc) is 3.13. The quantitative estimate of drug-likeness (QED) is 0.846. The topological polar surface area (TPSA) is 63.2 Å². The molecule has 5 nitrogen and oxygen atoms in total. The van der Waals surface area contributed by atoms with Crippen LogP contribution >= 0.6 is 0 Å². The van der Waals surface area contributed by atoms with Crippen LogP contribution in [0.15, 0.2) is 42.7 Å².